The van der Waals surface area contributed by atoms with E-state index in [2.05, 4.69) is 67.7 Å². The maximum atomic E-state index is 11.7. The van der Waals surface area contributed by atoms with Gasteiger partial charge in [-0.05, 0) is 42.3 Å². The summed E-state index contributed by atoms with van der Waals surface area (Å²) >= 11 is 0. The van der Waals surface area contributed by atoms with Crippen LogP contribution in [-0.2, 0) is 18.4 Å². The summed E-state index contributed by atoms with van der Waals surface area (Å²) in [4.78, 5) is 11.7. The molecule has 0 spiro atoms. The van der Waals surface area contributed by atoms with Gasteiger partial charge in [0.1, 0.15) is 6.10 Å². The summed E-state index contributed by atoms with van der Waals surface area (Å²) in [5, 5.41) is 0.227. The highest BCUT2D eigenvalue weighted by Crippen LogP contribution is 2.39. The summed E-state index contributed by atoms with van der Waals surface area (Å²) in [6.07, 6.45) is 2.71. The Kier molecular flexibility index (Phi) is 6.35. The number of cyclic esters (lactones) is 1. The first-order chi connectivity index (χ1) is 10.6. The minimum Gasteiger partial charge on any atom is -0.454 e. The molecule has 0 saturated carbocycles. The second-order valence-corrected chi connectivity index (χ2v) is 19.3. The van der Waals surface area contributed by atoms with Crippen LogP contribution in [0.3, 0.4) is 0 Å². The summed E-state index contributed by atoms with van der Waals surface area (Å²) in [5.74, 6) is -0.311. The van der Waals surface area contributed by atoms with Crippen molar-refractivity contribution < 1.29 is 18.4 Å². The molecule has 0 aliphatic carbocycles. The van der Waals surface area contributed by atoms with E-state index in [1.165, 1.54) is 6.08 Å². The van der Waals surface area contributed by atoms with Gasteiger partial charge in [-0.15, -0.1) is 0 Å². The summed E-state index contributed by atoms with van der Waals surface area (Å²) in [6.45, 7) is 22.5. The maximum absolute atomic E-state index is 11.7. The molecule has 0 aromatic rings. The molecule has 2 atom stereocenters. The largest absolute Gasteiger partial charge is 0.454 e. The van der Waals surface area contributed by atoms with Gasteiger partial charge in [-0.3, -0.25) is 0 Å². The van der Waals surface area contributed by atoms with E-state index in [1.807, 2.05) is 6.08 Å². The van der Waals surface area contributed by atoms with Crippen LogP contribution in [0.15, 0.2) is 12.2 Å². The lowest BCUT2D eigenvalue weighted by Crippen LogP contribution is -2.51. The van der Waals surface area contributed by atoms with Crippen molar-refractivity contribution >= 4 is 22.6 Å². The Hall–Kier alpha value is -0.436. The molecule has 0 unspecified atom stereocenters. The van der Waals surface area contributed by atoms with Crippen molar-refractivity contribution in [2.24, 2.45) is 0 Å². The molecule has 0 bridgehead atoms. The van der Waals surface area contributed by atoms with E-state index in [4.69, 9.17) is 13.6 Å². The van der Waals surface area contributed by atoms with Crippen LogP contribution in [0, 0.1) is 0 Å². The molecule has 1 aliphatic heterocycles. The van der Waals surface area contributed by atoms with Gasteiger partial charge in [-0.1, -0.05) is 41.5 Å². The van der Waals surface area contributed by atoms with Gasteiger partial charge in [0.15, 0.2) is 22.7 Å². The van der Waals surface area contributed by atoms with Gasteiger partial charge in [0.25, 0.3) is 0 Å². The molecule has 140 valence electrons. The lowest BCUT2D eigenvalue weighted by atomic mass is 10.1. The van der Waals surface area contributed by atoms with Gasteiger partial charge in [-0.2, -0.15) is 0 Å². The normalized spacial score (nSPS) is 23.3. The lowest BCUT2D eigenvalue weighted by molar-refractivity contribution is -0.151. The van der Waals surface area contributed by atoms with E-state index in [1.54, 1.807) is 0 Å². The van der Waals surface area contributed by atoms with Gasteiger partial charge >= 0.3 is 5.97 Å². The van der Waals surface area contributed by atoms with E-state index < -0.39 is 16.6 Å². The SMILES string of the molecule is CC(C)(C)[Si](C)(C)OC[C@H]1OC(=O)C=C[C@H]1O[Si](C)(C)C(C)(C)C. The summed E-state index contributed by atoms with van der Waals surface area (Å²) in [5.41, 5.74) is 0. The molecule has 0 amide bonds. The number of carbonyl (C=O) groups is 1. The third-order valence-corrected chi connectivity index (χ3v) is 14.7. The zero-order valence-electron chi connectivity index (χ0n) is 17.1. The van der Waals surface area contributed by atoms with Gasteiger partial charge in [0, 0.05) is 6.08 Å². The van der Waals surface area contributed by atoms with Crippen LogP contribution in [-0.4, -0.2) is 41.4 Å². The lowest BCUT2D eigenvalue weighted by Gasteiger charge is -2.42. The van der Waals surface area contributed by atoms with Crippen molar-refractivity contribution in [2.75, 3.05) is 6.61 Å². The molecular weight excluding hydrogens is 336 g/mol. The Bertz CT molecular complexity index is 484. The van der Waals surface area contributed by atoms with E-state index in [0.29, 0.717) is 6.61 Å². The number of hydrogen-bond acceptors (Lipinski definition) is 4. The van der Waals surface area contributed by atoms with Crippen molar-refractivity contribution in [1.29, 1.82) is 0 Å². The number of carbonyl (C=O) groups excluding carboxylic acids is 1. The fourth-order valence-electron chi connectivity index (χ4n) is 1.82. The van der Waals surface area contributed by atoms with Crippen molar-refractivity contribution in [3.8, 4) is 0 Å². The number of rotatable bonds is 5. The van der Waals surface area contributed by atoms with Gasteiger partial charge in [0.2, 0.25) is 0 Å². The first-order valence-corrected chi connectivity index (χ1v) is 14.6. The second-order valence-electron chi connectivity index (χ2n) is 9.75. The van der Waals surface area contributed by atoms with E-state index in [9.17, 15) is 4.79 Å². The van der Waals surface area contributed by atoms with Crippen LogP contribution in [0.4, 0.5) is 0 Å². The molecule has 6 heteroatoms. The molecule has 0 fully saturated rings. The van der Waals surface area contributed by atoms with Crippen molar-refractivity contribution in [2.45, 2.75) is 90.0 Å². The highest BCUT2D eigenvalue weighted by molar-refractivity contribution is 6.74. The molecule has 0 aromatic heterocycles. The Morgan fingerprint density at radius 3 is 1.96 bits per heavy atom. The molecular formula is C18H36O4Si2. The quantitative estimate of drug-likeness (QED) is 0.509. The van der Waals surface area contributed by atoms with Crippen molar-refractivity contribution in [3.63, 3.8) is 0 Å². The van der Waals surface area contributed by atoms with E-state index >= 15 is 0 Å². The van der Waals surface area contributed by atoms with Crippen LogP contribution >= 0.6 is 0 Å². The fourth-order valence-corrected chi connectivity index (χ4v) is 4.10. The maximum Gasteiger partial charge on any atom is 0.330 e. The smallest absolute Gasteiger partial charge is 0.330 e. The third-order valence-electron chi connectivity index (χ3n) is 5.71. The molecule has 1 heterocycles. The zero-order valence-corrected chi connectivity index (χ0v) is 19.1. The van der Waals surface area contributed by atoms with Crippen molar-refractivity contribution in [1.82, 2.24) is 0 Å². The predicted octanol–water partition coefficient (Wildman–Crippen LogP) is 4.88. The first kappa shape index (κ1) is 21.6. The van der Waals surface area contributed by atoms with Gasteiger partial charge < -0.3 is 13.6 Å². The molecule has 0 aromatic carbocycles. The minimum absolute atomic E-state index is 0.104. The predicted molar refractivity (Wildman–Crippen MR) is 104 cm³/mol. The average Bonchev–Trinajstić information content (AvgIpc) is 2.36. The van der Waals surface area contributed by atoms with Gasteiger partial charge in [0.05, 0.1) is 6.61 Å². The highest BCUT2D eigenvalue weighted by atomic mass is 28.4. The van der Waals surface area contributed by atoms with Crippen LogP contribution in [0.1, 0.15) is 41.5 Å². The second kappa shape index (κ2) is 7.06. The van der Waals surface area contributed by atoms with E-state index in [0.717, 1.165) is 0 Å². The zero-order chi connectivity index (χ0) is 19.0. The third kappa shape index (κ3) is 5.28. The van der Waals surface area contributed by atoms with Gasteiger partial charge in [-0.25, -0.2) is 4.79 Å². The van der Waals surface area contributed by atoms with E-state index in [-0.39, 0.29) is 28.3 Å². The van der Waals surface area contributed by atoms with Crippen molar-refractivity contribution in [3.05, 3.63) is 12.2 Å². The standard InChI is InChI=1S/C18H36O4Si2/c1-17(2,3)23(7,8)20-13-15-14(11-12-16(19)21-15)22-24(9,10)18(4,5)6/h11-12,14-15H,13H2,1-10H3/t14-,15-/m1/s1. The molecule has 1 aliphatic rings. The van der Waals surface area contributed by atoms with Crippen LogP contribution in [0.25, 0.3) is 0 Å². The average molecular weight is 373 g/mol. The minimum atomic E-state index is -1.95. The summed E-state index contributed by atoms with van der Waals surface area (Å²) < 4.78 is 18.3. The van der Waals surface area contributed by atoms with Crippen LogP contribution < -0.4 is 0 Å². The monoisotopic (exact) mass is 372 g/mol. The number of ether oxygens (including phenoxy) is 1. The fraction of sp³-hybridized carbons (Fsp3) is 0.833. The summed E-state index contributed by atoms with van der Waals surface area (Å²) in [6, 6.07) is 0. The molecule has 0 radical (unpaired) electrons. The topological polar surface area (TPSA) is 44.8 Å². The molecule has 1 rings (SSSR count). The Balaban J connectivity index is 2.87. The Morgan fingerprint density at radius 1 is 1.00 bits per heavy atom. The number of hydrogen-bond donors (Lipinski definition) is 0. The Morgan fingerprint density at radius 2 is 1.50 bits per heavy atom. The number of esters is 1. The molecule has 0 N–H and O–H groups in total. The van der Waals surface area contributed by atoms with Crippen LogP contribution in [0.2, 0.25) is 36.3 Å². The molecule has 4 nitrogen and oxygen atoms in total. The highest BCUT2D eigenvalue weighted by Gasteiger charge is 2.43. The van der Waals surface area contributed by atoms with Crippen LogP contribution in [0.5, 0.6) is 0 Å². The summed E-state index contributed by atoms with van der Waals surface area (Å²) in [7, 11) is -3.85. The Labute approximate surface area is 150 Å². The first-order valence-electron chi connectivity index (χ1n) is 8.77. The molecule has 24 heavy (non-hydrogen) atoms. The molecule has 0 saturated heterocycles.